The Bertz CT molecular complexity index is 225. The highest BCUT2D eigenvalue weighted by atomic mass is 16.5. The lowest BCUT2D eigenvalue weighted by Gasteiger charge is -2.13. The van der Waals surface area contributed by atoms with E-state index in [-0.39, 0.29) is 18.1 Å². The summed E-state index contributed by atoms with van der Waals surface area (Å²) in [5.41, 5.74) is 10.1. The highest BCUT2D eigenvalue weighted by Gasteiger charge is 2.25. The van der Waals surface area contributed by atoms with E-state index in [1.807, 2.05) is 6.92 Å². The third kappa shape index (κ3) is 2.90. The van der Waals surface area contributed by atoms with Crippen LogP contribution < -0.4 is 16.8 Å². The first-order valence-electron chi connectivity index (χ1n) is 4.11. The lowest BCUT2D eigenvalue weighted by molar-refractivity contribution is 0.114. The SMILES string of the molecule is CC1OCCC1NC(=O)N=C(N)N. The lowest BCUT2D eigenvalue weighted by Crippen LogP contribution is -2.39. The van der Waals surface area contributed by atoms with E-state index in [0.29, 0.717) is 6.61 Å². The molecule has 2 unspecified atom stereocenters. The second kappa shape index (κ2) is 4.08. The number of nitrogens with zero attached hydrogens (tertiary/aromatic N) is 1. The van der Waals surface area contributed by atoms with Gasteiger partial charge < -0.3 is 21.5 Å². The number of amides is 2. The van der Waals surface area contributed by atoms with Crippen LogP contribution in [0.2, 0.25) is 0 Å². The number of hydrogen-bond donors (Lipinski definition) is 3. The number of guanidine groups is 1. The minimum Gasteiger partial charge on any atom is -0.376 e. The molecule has 2 atom stereocenters. The molecule has 13 heavy (non-hydrogen) atoms. The van der Waals surface area contributed by atoms with E-state index < -0.39 is 6.03 Å². The molecule has 1 heterocycles. The normalized spacial score (nSPS) is 26.8. The first-order chi connectivity index (χ1) is 6.09. The summed E-state index contributed by atoms with van der Waals surface area (Å²) in [4.78, 5) is 14.4. The number of carbonyl (C=O) groups is 1. The summed E-state index contributed by atoms with van der Waals surface area (Å²) < 4.78 is 5.25. The van der Waals surface area contributed by atoms with Gasteiger partial charge in [0.15, 0.2) is 5.96 Å². The van der Waals surface area contributed by atoms with Crippen LogP contribution in [0.1, 0.15) is 13.3 Å². The number of nitrogens with two attached hydrogens (primary N) is 2. The largest absolute Gasteiger partial charge is 0.376 e. The average Bonchev–Trinajstić information content (AvgIpc) is 2.34. The van der Waals surface area contributed by atoms with Crippen LogP contribution in [-0.4, -0.2) is 30.7 Å². The van der Waals surface area contributed by atoms with Crippen molar-refractivity contribution in [1.29, 1.82) is 0 Å². The molecule has 1 rings (SSSR count). The Morgan fingerprint density at radius 3 is 2.77 bits per heavy atom. The van der Waals surface area contributed by atoms with Crippen LogP contribution in [0.15, 0.2) is 4.99 Å². The van der Waals surface area contributed by atoms with E-state index in [1.54, 1.807) is 0 Å². The summed E-state index contributed by atoms with van der Waals surface area (Å²) >= 11 is 0. The third-order valence-electron chi connectivity index (χ3n) is 1.92. The fourth-order valence-electron chi connectivity index (χ4n) is 1.23. The van der Waals surface area contributed by atoms with Crippen molar-refractivity contribution in [2.24, 2.45) is 16.5 Å². The van der Waals surface area contributed by atoms with Crippen molar-refractivity contribution >= 4 is 12.0 Å². The van der Waals surface area contributed by atoms with Crippen molar-refractivity contribution in [3.8, 4) is 0 Å². The first-order valence-corrected chi connectivity index (χ1v) is 4.11. The van der Waals surface area contributed by atoms with Gasteiger partial charge in [-0.3, -0.25) is 0 Å². The number of rotatable bonds is 1. The standard InChI is InChI=1S/C7H14N4O2/c1-4-5(2-3-13-4)10-7(12)11-6(8)9/h4-5H,2-3H2,1H3,(H5,8,9,10,11,12). The Kier molecular flexibility index (Phi) is 3.07. The molecule has 2 amide bonds. The highest BCUT2D eigenvalue weighted by molar-refractivity contribution is 5.90. The topological polar surface area (TPSA) is 103 Å². The lowest BCUT2D eigenvalue weighted by atomic mass is 10.2. The molecule has 0 aromatic carbocycles. The van der Waals surface area contributed by atoms with Gasteiger partial charge in [-0.1, -0.05) is 0 Å². The Hall–Kier alpha value is -1.30. The van der Waals surface area contributed by atoms with E-state index in [1.165, 1.54) is 0 Å². The molecule has 1 aliphatic rings. The molecule has 74 valence electrons. The van der Waals surface area contributed by atoms with E-state index in [9.17, 15) is 4.79 Å². The van der Waals surface area contributed by atoms with Gasteiger partial charge in [0.1, 0.15) is 0 Å². The second-order valence-corrected chi connectivity index (χ2v) is 2.96. The highest BCUT2D eigenvalue weighted by Crippen LogP contribution is 2.12. The number of aliphatic imine (C=N–C) groups is 1. The van der Waals surface area contributed by atoms with Crippen LogP contribution in [0, 0.1) is 0 Å². The molecule has 0 spiro atoms. The van der Waals surface area contributed by atoms with Crippen molar-refractivity contribution in [2.45, 2.75) is 25.5 Å². The minimum absolute atomic E-state index is 0.00981. The Morgan fingerprint density at radius 2 is 2.31 bits per heavy atom. The average molecular weight is 186 g/mol. The summed E-state index contributed by atoms with van der Waals surface area (Å²) in [6.45, 7) is 2.56. The maximum absolute atomic E-state index is 11.0. The molecule has 6 heteroatoms. The quantitative estimate of drug-likeness (QED) is 0.366. The first kappa shape index (κ1) is 9.79. The van der Waals surface area contributed by atoms with Crippen molar-refractivity contribution in [3.05, 3.63) is 0 Å². The van der Waals surface area contributed by atoms with E-state index in [2.05, 4.69) is 10.3 Å². The van der Waals surface area contributed by atoms with Crippen LogP contribution in [0.25, 0.3) is 0 Å². The van der Waals surface area contributed by atoms with Crippen LogP contribution in [0.3, 0.4) is 0 Å². The Labute approximate surface area is 76.3 Å². The molecular formula is C7H14N4O2. The summed E-state index contributed by atoms with van der Waals surface area (Å²) in [6, 6.07) is -0.502. The van der Waals surface area contributed by atoms with Gasteiger partial charge in [0, 0.05) is 6.61 Å². The predicted molar refractivity (Wildman–Crippen MR) is 48.2 cm³/mol. The minimum atomic E-state index is -0.512. The Balaban J connectivity index is 2.40. The van der Waals surface area contributed by atoms with Gasteiger partial charge in [-0.15, -0.1) is 0 Å². The zero-order valence-corrected chi connectivity index (χ0v) is 7.49. The van der Waals surface area contributed by atoms with Crippen LogP contribution >= 0.6 is 0 Å². The molecule has 6 nitrogen and oxygen atoms in total. The number of carbonyl (C=O) groups excluding carboxylic acids is 1. The molecule has 0 radical (unpaired) electrons. The van der Waals surface area contributed by atoms with Gasteiger partial charge >= 0.3 is 6.03 Å². The van der Waals surface area contributed by atoms with E-state index in [4.69, 9.17) is 16.2 Å². The molecule has 0 saturated carbocycles. The number of nitrogens with one attached hydrogen (secondary N) is 1. The van der Waals surface area contributed by atoms with Crippen molar-refractivity contribution in [1.82, 2.24) is 5.32 Å². The molecule has 0 aromatic heterocycles. The summed E-state index contributed by atoms with van der Waals surface area (Å²) in [7, 11) is 0. The van der Waals surface area contributed by atoms with Crippen molar-refractivity contribution in [3.63, 3.8) is 0 Å². The van der Waals surface area contributed by atoms with Crippen LogP contribution in [0.4, 0.5) is 4.79 Å². The molecule has 0 aromatic rings. The molecule has 5 N–H and O–H groups in total. The fraction of sp³-hybridized carbons (Fsp3) is 0.714. The number of ether oxygens (including phenoxy) is 1. The van der Waals surface area contributed by atoms with E-state index >= 15 is 0 Å². The van der Waals surface area contributed by atoms with E-state index in [0.717, 1.165) is 6.42 Å². The van der Waals surface area contributed by atoms with Crippen LogP contribution in [0.5, 0.6) is 0 Å². The van der Waals surface area contributed by atoms with Gasteiger partial charge in [0.2, 0.25) is 0 Å². The molecular weight excluding hydrogens is 172 g/mol. The fourth-order valence-corrected chi connectivity index (χ4v) is 1.23. The molecule has 0 aliphatic carbocycles. The van der Waals surface area contributed by atoms with Gasteiger partial charge in [-0.25, -0.2) is 4.79 Å². The van der Waals surface area contributed by atoms with Crippen molar-refractivity contribution in [2.75, 3.05) is 6.61 Å². The monoisotopic (exact) mass is 186 g/mol. The van der Waals surface area contributed by atoms with Gasteiger partial charge in [0.05, 0.1) is 12.1 Å². The van der Waals surface area contributed by atoms with Crippen LogP contribution in [-0.2, 0) is 4.74 Å². The smallest absolute Gasteiger partial charge is 0.344 e. The third-order valence-corrected chi connectivity index (χ3v) is 1.92. The zero-order chi connectivity index (χ0) is 9.84. The summed E-state index contributed by atoms with van der Waals surface area (Å²) in [5, 5.41) is 2.65. The number of urea groups is 1. The summed E-state index contributed by atoms with van der Waals surface area (Å²) in [5.74, 6) is -0.232. The molecule has 1 fully saturated rings. The zero-order valence-electron chi connectivity index (χ0n) is 7.49. The van der Waals surface area contributed by atoms with Gasteiger partial charge in [-0.2, -0.15) is 4.99 Å². The predicted octanol–water partition coefficient (Wildman–Crippen LogP) is -0.853. The molecule has 0 bridgehead atoms. The number of hydrogen-bond acceptors (Lipinski definition) is 2. The van der Waals surface area contributed by atoms with Gasteiger partial charge in [0.25, 0.3) is 0 Å². The maximum Gasteiger partial charge on any atom is 0.344 e. The molecule has 1 saturated heterocycles. The second-order valence-electron chi connectivity index (χ2n) is 2.96. The maximum atomic E-state index is 11.0. The van der Waals surface area contributed by atoms with Gasteiger partial charge in [-0.05, 0) is 13.3 Å². The summed E-state index contributed by atoms with van der Waals surface area (Å²) in [6.07, 6.45) is 0.825. The molecule has 1 aliphatic heterocycles. The Morgan fingerprint density at radius 1 is 1.62 bits per heavy atom. The van der Waals surface area contributed by atoms with Crippen molar-refractivity contribution < 1.29 is 9.53 Å².